The quantitative estimate of drug-likeness (QED) is 0.261. The van der Waals surface area contributed by atoms with E-state index in [0.717, 1.165) is 52.4 Å². The third kappa shape index (κ3) is 5.08. The molecular weight excluding hydrogens is 432 g/mol. The number of halogens is 1. The van der Waals surface area contributed by atoms with Crippen LogP contribution in [-0.2, 0) is 17.0 Å². The lowest BCUT2D eigenvalue weighted by atomic mass is 10.2. The van der Waals surface area contributed by atoms with E-state index in [2.05, 4.69) is 37.7 Å². The molecule has 0 saturated carbocycles. The van der Waals surface area contributed by atoms with Crippen LogP contribution in [0, 0.1) is 13.8 Å². The summed E-state index contributed by atoms with van der Waals surface area (Å²) >= 11 is 7.68. The molecule has 3 aromatic heterocycles. The number of hydrogen-bond donors (Lipinski definition) is 0. The van der Waals surface area contributed by atoms with Crippen LogP contribution >= 0.6 is 23.4 Å². The largest absolute Gasteiger partial charge is 0.382 e. The molecule has 0 spiro atoms. The van der Waals surface area contributed by atoms with Gasteiger partial charge in [-0.3, -0.25) is 4.40 Å². The maximum absolute atomic E-state index is 6.06. The molecule has 0 amide bonds. The summed E-state index contributed by atoms with van der Waals surface area (Å²) in [6, 6.07) is 9.74. The lowest BCUT2D eigenvalue weighted by molar-refractivity contribution is 0.141. The van der Waals surface area contributed by atoms with Crippen molar-refractivity contribution in [3.63, 3.8) is 0 Å². The van der Waals surface area contributed by atoms with Gasteiger partial charge in [0.1, 0.15) is 0 Å². The van der Waals surface area contributed by atoms with E-state index < -0.39 is 0 Å². The van der Waals surface area contributed by atoms with Crippen molar-refractivity contribution in [3.8, 4) is 11.4 Å². The average Bonchev–Trinajstić information content (AvgIpc) is 3.34. The second-order valence-electron chi connectivity index (χ2n) is 7.25. The van der Waals surface area contributed by atoms with Gasteiger partial charge in [-0.25, -0.2) is 9.97 Å². The number of rotatable bonds is 9. The smallest absolute Gasteiger partial charge is 0.234 e. The molecule has 0 saturated heterocycles. The van der Waals surface area contributed by atoms with Gasteiger partial charge in [0.05, 0.1) is 5.69 Å². The Morgan fingerprint density at radius 3 is 2.68 bits per heavy atom. The molecule has 0 aliphatic heterocycles. The highest BCUT2D eigenvalue weighted by Gasteiger charge is 2.15. The van der Waals surface area contributed by atoms with Gasteiger partial charge in [-0.05, 0) is 57.5 Å². The Bertz CT molecular complexity index is 1170. The zero-order valence-electron chi connectivity index (χ0n) is 17.9. The number of hydrogen-bond acceptors (Lipinski definition) is 6. The van der Waals surface area contributed by atoms with Gasteiger partial charge in [0, 0.05) is 53.7 Å². The zero-order chi connectivity index (χ0) is 21.8. The number of aryl methyl sites for hydroxylation is 2. The molecule has 4 aromatic rings. The van der Waals surface area contributed by atoms with Gasteiger partial charge in [-0.2, -0.15) is 0 Å². The fourth-order valence-electron chi connectivity index (χ4n) is 3.40. The summed E-state index contributed by atoms with van der Waals surface area (Å²) < 4.78 is 9.69. The van der Waals surface area contributed by atoms with Gasteiger partial charge in [0.25, 0.3) is 0 Å². The van der Waals surface area contributed by atoms with Crippen molar-refractivity contribution in [1.82, 2.24) is 29.1 Å². The van der Waals surface area contributed by atoms with E-state index in [-0.39, 0.29) is 0 Å². The number of ether oxygens (including phenoxy) is 1. The summed E-state index contributed by atoms with van der Waals surface area (Å²) in [6.07, 6.45) is 2.93. The number of imidazole rings is 1. The number of benzene rings is 1. The summed E-state index contributed by atoms with van der Waals surface area (Å²) in [4.78, 5) is 9.20. The third-order valence-electron chi connectivity index (χ3n) is 4.85. The summed E-state index contributed by atoms with van der Waals surface area (Å²) in [7, 11) is 0. The van der Waals surface area contributed by atoms with E-state index >= 15 is 0 Å². The van der Waals surface area contributed by atoms with E-state index in [0.29, 0.717) is 24.0 Å². The van der Waals surface area contributed by atoms with E-state index in [1.807, 2.05) is 48.7 Å². The van der Waals surface area contributed by atoms with Crippen LogP contribution in [0.2, 0.25) is 5.02 Å². The molecule has 162 valence electrons. The molecule has 0 N–H and O–H groups in total. The van der Waals surface area contributed by atoms with Crippen molar-refractivity contribution < 1.29 is 4.74 Å². The minimum Gasteiger partial charge on any atom is -0.382 e. The van der Waals surface area contributed by atoms with Crippen molar-refractivity contribution in [2.24, 2.45) is 0 Å². The van der Waals surface area contributed by atoms with Crippen LogP contribution in [0.5, 0.6) is 0 Å². The number of thioether (sulfide) groups is 1. The second-order valence-corrected chi connectivity index (χ2v) is 8.62. The molecule has 7 nitrogen and oxygen atoms in total. The van der Waals surface area contributed by atoms with Gasteiger partial charge in [0.2, 0.25) is 5.78 Å². The minimum atomic E-state index is 0.687. The molecule has 4 rings (SSSR count). The van der Waals surface area contributed by atoms with E-state index in [4.69, 9.17) is 16.3 Å². The highest BCUT2D eigenvalue weighted by Crippen LogP contribution is 2.27. The highest BCUT2D eigenvalue weighted by molar-refractivity contribution is 7.98. The Kier molecular flexibility index (Phi) is 6.89. The number of aromatic nitrogens is 6. The molecule has 9 heteroatoms. The first-order chi connectivity index (χ1) is 15.0. The second kappa shape index (κ2) is 9.80. The Hall–Kier alpha value is -2.42. The summed E-state index contributed by atoms with van der Waals surface area (Å²) in [5.41, 5.74) is 4.04. The van der Waals surface area contributed by atoms with Crippen LogP contribution < -0.4 is 0 Å². The Morgan fingerprint density at radius 1 is 1.10 bits per heavy atom. The van der Waals surface area contributed by atoms with E-state index in [9.17, 15) is 0 Å². The van der Waals surface area contributed by atoms with Gasteiger partial charge in [-0.15, -0.1) is 10.2 Å². The standard InChI is InChI=1S/C22H25ClN6OS/c1-4-30-11-5-10-28-20(17-6-8-18(23)9-7-17)26-27-22(28)31-14-19-13-29-16(3)12-15(2)24-21(29)25-19/h6-9,12-13H,4-5,10-11,14H2,1-3H3. The molecule has 0 bridgehead atoms. The van der Waals surface area contributed by atoms with Gasteiger partial charge in [-0.1, -0.05) is 23.4 Å². The predicted molar refractivity (Wildman–Crippen MR) is 124 cm³/mol. The van der Waals surface area contributed by atoms with Crippen LogP contribution in [-0.4, -0.2) is 42.3 Å². The minimum absolute atomic E-state index is 0.687. The number of nitrogens with zero attached hydrogens (tertiary/aromatic N) is 6. The highest BCUT2D eigenvalue weighted by atomic mass is 35.5. The van der Waals surface area contributed by atoms with Crippen LogP contribution in [0.3, 0.4) is 0 Å². The fourth-order valence-corrected chi connectivity index (χ4v) is 4.38. The Labute approximate surface area is 190 Å². The van der Waals surface area contributed by atoms with Crippen molar-refractivity contribution in [1.29, 1.82) is 0 Å². The molecule has 0 aliphatic rings. The van der Waals surface area contributed by atoms with Crippen molar-refractivity contribution in [3.05, 3.63) is 58.6 Å². The average molecular weight is 457 g/mol. The van der Waals surface area contributed by atoms with Gasteiger partial charge in [0.15, 0.2) is 11.0 Å². The zero-order valence-corrected chi connectivity index (χ0v) is 19.4. The first-order valence-corrected chi connectivity index (χ1v) is 11.6. The summed E-state index contributed by atoms with van der Waals surface area (Å²) in [5.74, 6) is 2.25. The fraction of sp³-hybridized carbons (Fsp3) is 0.364. The molecule has 31 heavy (non-hydrogen) atoms. The molecule has 0 aliphatic carbocycles. The monoisotopic (exact) mass is 456 g/mol. The normalized spacial score (nSPS) is 11.5. The van der Waals surface area contributed by atoms with Crippen LogP contribution in [0.1, 0.15) is 30.4 Å². The maximum Gasteiger partial charge on any atom is 0.234 e. The van der Waals surface area contributed by atoms with E-state index in [1.54, 1.807) is 11.8 Å². The van der Waals surface area contributed by atoms with Crippen LogP contribution in [0.25, 0.3) is 17.2 Å². The van der Waals surface area contributed by atoms with Gasteiger partial charge < -0.3 is 9.30 Å². The topological polar surface area (TPSA) is 70.1 Å². The van der Waals surface area contributed by atoms with Gasteiger partial charge >= 0.3 is 0 Å². The molecule has 0 radical (unpaired) electrons. The molecule has 1 aromatic carbocycles. The lowest BCUT2D eigenvalue weighted by Gasteiger charge is -2.10. The third-order valence-corrected chi connectivity index (χ3v) is 6.11. The van der Waals surface area contributed by atoms with Crippen molar-refractivity contribution in [2.45, 2.75) is 44.6 Å². The van der Waals surface area contributed by atoms with Crippen molar-refractivity contribution in [2.75, 3.05) is 13.2 Å². The van der Waals surface area contributed by atoms with E-state index in [1.165, 1.54) is 0 Å². The SMILES string of the molecule is CCOCCCn1c(SCc2cn3c(C)cc(C)nc3n2)nnc1-c1ccc(Cl)cc1. The first-order valence-electron chi connectivity index (χ1n) is 10.3. The first kappa shape index (κ1) is 21.8. The summed E-state index contributed by atoms with van der Waals surface area (Å²) in [5, 5.41) is 10.5. The van der Waals surface area contributed by atoms with Crippen molar-refractivity contribution >= 4 is 29.1 Å². The molecular formula is C22H25ClN6OS. The van der Waals surface area contributed by atoms with Crippen LogP contribution in [0.4, 0.5) is 0 Å². The molecule has 0 unspecified atom stereocenters. The summed E-state index contributed by atoms with van der Waals surface area (Å²) in [6.45, 7) is 8.25. The van der Waals surface area contributed by atoms with Crippen LogP contribution in [0.15, 0.2) is 41.7 Å². The Balaban J connectivity index is 1.56. The number of fused-ring (bicyclic) bond motifs is 1. The predicted octanol–water partition coefficient (Wildman–Crippen LogP) is 4.98. The molecule has 0 fully saturated rings. The maximum atomic E-state index is 6.06. The molecule has 0 atom stereocenters. The Morgan fingerprint density at radius 2 is 1.90 bits per heavy atom. The molecule has 3 heterocycles. The lowest BCUT2D eigenvalue weighted by Crippen LogP contribution is -2.06.